The maximum Gasteiger partial charge on any atom is 0.320 e. The lowest BCUT2D eigenvalue weighted by Crippen LogP contribution is -2.35. The minimum Gasteiger partial charge on any atom is -0.469 e. The van der Waals surface area contributed by atoms with Crippen LogP contribution in [0.1, 0.15) is 29.9 Å². The van der Waals surface area contributed by atoms with E-state index in [1.54, 1.807) is 36.5 Å². The molecule has 1 fully saturated rings. The molecule has 0 atom stereocenters. The van der Waals surface area contributed by atoms with Crippen molar-refractivity contribution in [2.75, 3.05) is 35.7 Å². The van der Waals surface area contributed by atoms with Crippen LogP contribution >= 0.6 is 0 Å². The Bertz CT molecular complexity index is 1440. The number of hydrogen-bond acceptors (Lipinski definition) is 10. The topological polar surface area (TPSA) is 132 Å². The van der Waals surface area contributed by atoms with Gasteiger partial charge in [-0.1, -0.05) is 5.10 Å². The van der Waals surface area contributed by atoms with Crippen LogP contribution < -0.4 is 20.3 Å². The summed E-state index contributed by atoms with van der Waals surface area (Å²) in [5, 5.41) is 13.3. The number of benzene rings is 2. The van der Waals surface area contributed by atoms with Crippen LogP contribution in [0.4, 0.5) is 27.6 Å². The van der Waals surface area contributed by atoms with E-state index in [9.17, 15) is 14.0 Å². The van der Waals surface area contributed by atoms with E-state index < -0.39 is 5.91 Å². The fourth-order valence-corrected chi connectivity index (χ4v) is 4.25. The molecule has 5 rings (SSSR count). The molecule has 1 saturated heterocycles. The van der Waals surface area contributed by atoms with Gasteiger partial charge in [0, 0.05) is 25.2 Å². The van der Waals surface area contributed by atoms with Crippen molar-refractivity contribution >= 4 is 35.1 Å². The molecule has 1 amide bonds. The molecule has 1 aliphatic rings. The third kappa shape index (κ3) is 6.90. The molecule has 0 radical (unpaired) electrons. The molecule has 0 unspecified atom stereocenters. The molecule has 1 aliphatic heterocycles. The molecule has 40 heavy (non-hydrogen) atoms. The highest BCUT2D eigenvalue weighted by Gasteiger charge is 2.23. The van der Waals surface area contributed by atoms with Crippen LogP contribution in [0.15, 0.2) is 71.3 Å². The zero-order valence-electron chi connectivity index (χ0n) is 21.7. The Balaban J connectivity index is 1.11. The van der Waals surface area contributed by atoms with E-state index in [0.29, 0.717) is 35.2 Å². The van der Waals surface area contributed by atoms with Crippen LogP contribution in [0, 0.1) is 11.7 Å². The Labute approximate surface area is 229 Å². The van der Waals surface area contributed by atoms with Gasteiger partial charge in [-0.05, 0) is 79.4 Å². The summed E-state index contributed by atoms with van der Waals surface area (Å²) in [5.74, 6) is 0.893. The second-order valence-electron chi connectivity index (χ2n) is 9.19. The van der Waals surface area contributed by atoms with Crippen molar-refractivity contribution in [3.8, 4) is 11.5 Å². The number of ether oxygens (including phenoxy) is 2. The van der Waals surface area contributed by atoms with Gasteiger partial charge in [-0.2, -0.15) is 0 Å². The van der Waals surface area contributed by atoms with Crippen molar-refractivity contribution in [3.05, 3.63) is 78.6 Å². The fraction of sp³-hybridized carbons (Fsp3) is 0.250. The number of methoxy groups -OCH3 is 1. The number of amides is 1. The summed E-state index contributed by atoms with van der Waals surface area (Å²) in [6.07, 6.45) is 3.78. The van der Waals surface area contributed by atoms with Crippen LogP contribution in [0.25, 0.3) is 0 Å². The number of carbonyl (C=O) groups is 2. The van der Waals surface area contributed by atoms with Crippen LogP contribution in [-0.4, -0.2) is 47.3 Å². The number of rotatable bonds is 9. The molecule has 12 heteroatoms. The SMILES string of the molecule is COC(=O)CC1CCN(c2ccc(NC(=O)c3nnc(Nc4ccc(Oc5ccc(F)cc5)cc4)o3)cn2)CC1. The van der Waals surface area contributed by atoms with Crippen molar-refractivity contribution in [1.29, 1.82) is 0 Å². The maximum atomic E-state index is 13.0. The summed E-state index contributed by atoms with van der Waals surface area (Å²) in [5.41, 5.74) is 1.12. The number of nitrogens with zero attached hydrogens (tertiary/aromatic N) is 4. The van der Waals surface area contributed by atoms with E-state index in [1.165, 1.54) is 31.4 Å². The molecule has 2 aromatic heterocycles. The normalized spacial score (nSPS) is 13.5. The average Bonchev–Trinajstić information content (AvgIpc) is 3.45. The quantitative estimate of drug-likeness (QED) is 0.271. The third-order valence-electron chi connectivity index (χ3n) is 6.40. The Hall–Kier alpha value is -5.00. The lowest BCUT2D eigenvalue weighted by atomic mass is 9.93. The Morgan fingerprint density at radius 1 is 0.975 bits per heavy atom. The van der Waals surface area contributed by atoms with Gasteiger partial charge in [-0.3, -0.25) is 9.59 Å². The first-order valence-corrected chi connectivity index (χ1v) is 12.7. The Morgan fingerprint density at radius 3 is 2.30 bits per heavy atom. The van der Waals surface area contributed by atoms with E-state index in [4.69, 9.17) is 13.9 Å². The van der Waals surface area contributed by atoms with E-state index in [0.717, 1.165) is 31.7 Å². The zero-order valence-corrected chi connectivity index (χ0v) is 21.7. The minimum absolute atomic E-state index is 0.0430. The number of esters is 1. The highest BCUT2D eigenvalue weighted by Crippen LogP contribution is 2.26. The van der Waals surface area contributed by atoms with Crippen molar-refractivity contribution in [1.82, 2.24) is 15.2 Å². The second-order valence-corrected chi connectivity index (χ2v) is 9.19. The highest BCUT2D eigenvalue weighted by molar-refractivity contribution is 6.00. The number of anilines is 4. The van der Waals surface area contributed by atoms with Gasteiger partial charge in [-0.25, -0.2) is 9.37 Å². The number of halogens is 1. The van der Waals surface area contributed by atoms with Crippen LogP contribution in [0.3, 0.4) is 0 Å². The van der Waals surface area contributed by atoms with E-state index in [1.807, 2.05) is 6.07 Å². The first-order valence-electron chi connectivity index (χ1n) is 12.7. The van der Waals surface area contributed by atoms with Gasteiger partial charge in [0.15, 0.2) is 0 Å². The molecule has 2 aromatic carbocycles. The van der Waals surface area contributed by atoms with Gasteiger partial charge in [0.1, 0.15) is 23.1 Å². The van der Waals surface area contributed by atoms with Crippen LogP contribution in [0.5, 0.6) is 11.5 Å². The van der Waals surface area contributed by atoms with E-state index in [2.05, 4.69) is 30.7 Å². The van der Waals surface area contributed by atoms with Crippen LogP contribution in [0.2, 0.25) is 0 Å². The van der Waals surface area contributed by atoms with Crippen LogP contribution in [-0.2, 0) is 9.53 Å². The fourth-order valence-electron chi connectivity index (χ4n) is 4.25. The van der Waals surface area contributed by atoms with Crippen molar-refractivity contribution < 1.29 is 27.9 Å². The van der Waals surface area contributed by atoms with Gasteiger partial charge in [0.25, 0.3) is 0 Å². The average molecular weight is 547 g/mol. The number of carbonyl (C=O) groups excluding carboxylic acids is 2. The molecule has 2 N–H and O–H groups in total. The summed E-state index contributed by atoms with van der Waals surface area (Å²) in [7, 11) is 1.41. The molecule has 0 saturated carbocycles. The van der Waals surface area contributed by atoms with Crippen molar-refractivity contribution in [2.24, 2.45) is 5.92 Å². The van der Waals surface area contributed by atoms with Gasteiger partial charge in [0.2, 0.25) is 0 Å². The lowest BCUT2D eigenvalue weighted by Gasteiger charge is -2.32. The van der Waals surface area contributed by atoms with E-state index in [-0.39, 0.29) is 23.7 Å². The Morgan fingerprint density at radius 2 is 1.65 bits per heavy atom. The lowest BCUT2D eigenvalue weighted by molar-refractivity contribution is -0.141. The predicted molar refractivity (Wildman–Crippen MR) is 144 cm³/mol. The Kier molecular flexibility index (Phi) is 8.14. The number of pyridine rings is 1. The van der Waals surface area contributed by atoms with Crippen molar-refractivity contribution in [2.45, 2.75) is 19.3 Å². The van der Waals surface area contributed by atoms with Gasteiger partial charge in [0.05, 0.1) is 19.0 Å². The first kappa shape index (κ1) is 26.6. The molecular formula is C28H27FN6O5. The summed E-state index contributed by atoms with van der Waals surface area (Å²) < 4.78 is 28.9. The van der Waals surface area contributed by atoms with E-state index >= 15 is 0 Å². The first-order chi connectivity index (χ1) is 19.4. The van der Waals surface area contributed by atoms with Gasteiger partial charge in [-0.15, -0.1) is 5.10 Å². The number of hydrogen-bond donors (Lipinski definition) is 2. The summed E-state index contributed by atoms with van der Waals surface area (Å²) in [6.45, 7) is 1.59. The zero-order chi connectivity index (χ0) is 27.9. The number of aromatic nitrogens is 3. The standard InChI is InChI=1S/C28H27FN6O5/c1-38-25(36)16-18-12-14-35(15-13-18)24-11-6-21(17-30-24)31-26(37)27-33-34-28(40-27)32-20-4-9-23(10-5-20)39-22-7-2-19(29)3-8-22/h2-11,17-18H,12-16H2,1H3,(H,31,37)(H,32,34). The summed E-state index contributed by atoms with van der Waals surface area (Å²) in [4.78, 5) is 30.7. The largest absolute Gasteiger partial charge is 0.469 e. The molecule has 11 nitrogen and oxygen atoms in total. The number of piperidine rings is 1. The predicted octanol–water partition coefficient (Wildman–Crippen LogP) is 5.17. The molecule has 4 aromatic rings. The molecule has 3 heterocycles. The third-order valence-corrected chi connectivity index (χ3v) is 6.40. The molecule has 0 aliphatic carbocycles. The minimum atomic E-state index is -0.568. The highest BCUT2D eigenvalue weighted by atomic mass is 19.1. The van der Waals surface area contributed by atoms with Crippen molar-refractivity contribution in [3.63, 3.8) is 0 Å². The maximum absolute atomic E-state index is 13.0. The molecule has 0 spiro atoms. The smallest absolute Gasteiger partial charge is 0.320 e. The number of nitrogens with one attached hydrogen (secondary N) is 2. The summed E-state index contributed by atoms with van der Waals surface area (Å²) in [6, 6.07) is 16.3. The van der Waals surface area contributed by atoms with Gasteiger partial charge < -0.3 is 29.4 Å². The molecular weight excluding hydrogens is 519 g/mol. The van der Waals surface area contributed by atoms with Gasteiger partial charge >= 0.3 is 23.8 Å². The molecule has 206 valence electrons. The second kappa shape index (κ2) is 12.2. The monoisotopic (exact) mass is 546 g/mol. The summed E-state index contributed by atoms with van der Waals surface area (Å²) >= 11 is 0. The molecule has 0 bridgehead atoms.